The molecular formula is C22H39NO4. The third-order valence-electron chi connectivity index (χ3n) is 2.26. The number of nitro groups is 1. The molecule has 0 saturated heterocycles. The van der Waals surface area contributed by atoms with Crippen LogP contribution in [0.4, 0.5) is 5.69 Å². The molecule has 0 fully saturated rings. The van der Waals surface area contributed by atoms with Crippen LogP contribution in [0.25, 0.3) is 0 Å². The van der Waals surface area contributed by atoms with Crippen LogP contribution in [0.2, 0.25) is 0 Å². The number of benzene rings is 2. The van der Waals surface area contributed by atoms with Crippen molar-refractivity contribution in [3.63, 3.8) is 0 Å². The van der Waals surface area contributed by atoms with Gasteiger partial charge in [-0.1, -0.05) is 73.6 Å². The van der Waals surface area contributed by atoms with Crippen LogP contribution in [-0.4, -0.2) is 19.1 Å². The number of hydrogen-bond donors (Lipinski definition) is 0. The monoisotopic (exact) mass is 381 g/mol. The van der Waals surface area contributed by atoms with Gasteiger partial charge in [-0.2, -0.15) is 0 Å². The van der Waals surface area contributed by atoms with E-state index < -0.39 is 4.92 Å². The molecule has 5 heteroatoms. The fourth-order valence-electron chi connectivity index (χ4n) is 1.26. The van der Waals surface area contributed by atoms with Crippen LogP contribution in [0.5, 0.6) is 11.5 Å². The van der Waals surface area contributed by atoms with Crippen molar-refractivity contribution in [2.24, 2.45) is 0 Å². The van der Waals surface area contributed by atoms with E-state index in [1.165, 1.54) is 19.2 Å². The first kappa shape index (κ1) is 32.1. The number of hydrogen-bond acceptors (Lipinski definition) is 4. The smallest absolute Gasteiger partial charge is 0.269 e. The lowest BCUT2D eigenvalue weighted by Crippen LogP contribution is -1.87. The second kappa shape index (κ2) is 28.3. The lowest BCUT2D eigenvalue weighted by atomic mass is 10.3. The molecule has 2 aromatic carbocycles. The number of ether oxygens (including phenoxy) is 2. The molecule has 5 nitrogen and oxygen atoms in total. The highest BCUT2D eigenvalue weighted by Gasteiger charge is 2.02. The average Bonchev–Trinajstić information content (AvgIpc) is 2.80. The molecule has 156 valence electrons. The molecule has 0 aliphatic carbocycles. The summed E-state index contributed by atoms with van der Waals surface area (Å²) in [5.74, 6) is 1.53. The van der Waals surface area contributed by atoms with Crippen LogP contribution in [0, 0.1) is 10.1 Å². The van der Waals surface area contributed by atoms with Crippen molar-refractivity contribution < 1.29 is 14.4 Å². The Morgan fingerprint density at radius 1 is 0.630 bits per heavy atom. The van der Waals surface area contributed by atoms with Gasteiger partial charge in [0.1, 0.15) is 11.5 Å². The summed E-state index contributed by atoms with van der Waals surface area (Å²) in [7, 11) is 3.18. The quantitative estimate of drug-likeness (QED) is 0.410. The average molecular weight is 382 g/mol. The SMILES string of the molecule is CC.CC.CC.CC.COc1ccc([N+](=O)[O-])cc1.COc1ccccc1. The van der Waals surface area contributed by atoms with Gasteiger partial charge in [-0.15, -0.1) is 0 Å². The van der Waals surface area contributed by atoms with E-state index in [1.807, 2.05) is 85.7 Å². The Hall–Kier alpha value is -2.56. The maximum absolute atomic E-state index is 10.2. The minimum Gasteiger partial charge on any atom is -0.497 e. The summed E-state index contributed by atoms with van der Waals surface area (Å²) >= 11 is 0. The molecule has 2 aromatic rings. The number of para-hydroxylation sites is 1. The highest BCUT2D eigenvalue weighted by atomic mass is 16.6. The van der Waals surface area contributed by atoms with Gasteiger partial charge in [0, 0.05) is 12.1 Å². The Morgan fingerprint density at radius 2 is 0.963 bits per heavy atom. The fourth-order valence-corrected chi connectivity index (χ4v) is 1.26. The molecule has 0 bridgehead atoms. The van der Waals surface area contributed by atoms with Crippen molar-refractivity contribution in [1.29, 1.82) is 0 Å². The van der Waals surface area contributed by atoms with E-state index in [0.717, 1.165) is 5.75 Å². The summed E-state index contributed by atoms with van der Waals surface area (Å²) < 4.78 is 9.74. The molecule has 0 spiro atoms. The van der Waals surface area contributed by atoms with E-state index in [4.69, 9.17) is 9.47 Å². The van der Waals surface area contributed by atoms with Gasteiger partial charge in [-0.3, -0.25) is 10.1 Å². The zero-order valence-electron chi connectivity index (χ0n) is 18.8. The second-order valence-corrected chi connectivity index (χ2v) is 3.47. The lowest BCUT2D eigenvalue weighted by Gasteiger charge is -1.96. The molecule has 0 unspecified atom stereocenters. The number of rotatable bonds is 3. The van der Waals surface area contributed by atoms with Crippen LogP contribution < -0.4 is 9.47 Å². The van der Waals surface area contributed by atoms with Crippen molar-refractivity contribution in [2.75, 3.05) is 14.2 Å². The maximum Gasteiger partial charge on any atom is 0.269 e. The highest BCUT2D eigenvalue weighted by molar-refractivity contribution is 5.35. The van der Waals surface area contributed by atoms with Crippen molar-refractivity contribution in [2.45, 2.75) is 55.4 Å². The second-order valence-electron chi connectivity index (χ2n) is 3.47. The van der Waals surface area contributed by atoms with Gasteiger partial charge >= 0.3 is 0 Å². The van der Waals surface area contributed by atoms with Crippen LogP contribution >= 0.6 is 0 Å². The third-order valence-corrected chi connectivity index (χ3v) is 2.26. The molecule has 27 heavy (non-hydrogen) atoms. The predicted molar refractivity (Wildman–Crippen MR) is 118 cm³/mol. The van der Waals surface area contributed by atoms with E-state index in [9.17, 15) is 10.1 Å². The Labute approximate surface area is 166 Å². The fraction of sp³-hybridized carbons (Fsp3) is 0.455. The Bertz CT molecular complexity index is 499. The summed E-state index contributed by atoms with van der Waals surface area (Å²) in [4.78, 5) is 9.72. The molecule has 0 amide bonds. The lowest BCUT2D eigenvalue weighted by molar-refractivity contribution is -0.384. The van der Waals surface area contributed by atoms with Gasteiger partial charge in [0.15, 0.2) is 0 Å². The van der Waals surface area contributed by atoms with Gasteiger partial charge in [-0.25, -0.2) is 0 Å². The normalized spacial score (nSPS) is 7.19. The zero-order chi connectivity index (χ0) is 22.1. The Morgan fingerprint density at radius 3 is 1.22 bits per heavy atom. The molecule has 2 rings (SSSR count). The van der Waals surface area contributed by atoms with Gasteiger partial charge in [0.2, 0.25) is 0 Å². The molecule has 0 N–H and O–H groups in total. The topological polar surface area (TPSA) is 61.6 Å². The van der Waals surface area contributed by atoms with Gasteiger partial charge in [-0.05, 0) is 24.3 Å². The molecule has 0 radical (unpaired) electrons. The van der Waals surface area contributed by atoms with E-state index >= 15 is 0 Å². The standard InChI is InChI=1S/C7H7NO3.C7H8O.4C2H6/c1-11-7-4-2-6(3-5-7)8(9)10;1-8-7-5-3-2-4-6-7;4*1-2/h2-5H,1H3;2-6H,1H3;4*1-2H3. The number of non-ortho nitro benzene ring substituents is 1. The summed E-state index contributed by atoms with van der Waals surface area (Å²) in [6, 6.07) is 15.6. The summed E-state index contributed by atoms with van der Waals surface area (Å²) in [6.45, 7) is 16.0. The van der Waals surface area contributed by atoms with Crippen molar-refractivity contribution in [1.82, 2.24) is 0 Å². The number of nitrogens with zero attached hydrogens (tertiary/aromatic N) is 1. The maximum atomic E-state index is 10.2. The van der Waals surface area contributed by atoms with Crippen molar-refractivity contribution >= 4 is 5.69 Å². The molecular weight excluding hydrogens is 342 g/mol. The molecule has 0 aromatic heterocycles. The summed E-state index contributed by atoms with van der Waals surface area (Å²) in [5.41, 5.74) is 0.0748. The third kappa shape index (κ3) is 19.6. The van der Waals surface area contributed by atoms with Gasteiger partial charge < -0.3 is 9.47 Å². The van der Waals surface area contributed by atoms with Gasteiger partial charge in [0.25, 0.3) is 5.69 Å². The minimum absolute atomic E-state index is 0.0748. The molecule has 0 heterocycles. The van der Waals surface area contributed by atoms with Crippen molar-refractivity contribution in [3.8, 4) is 11.5 Å². The first-order valence-electron chi connectivity index (χ1n) is 9.55. The first-order chi connectivity index (χ1) is 13.2. The van der Waals surface area contributed by atoms with E-state index in [-0.39, 0.29) is 5.69 Å². The van der Waals surface area contributed by atoms with E-state index in [2.05, 4.69) is 0 Å². The Kier molecular flexibility index (Phi) is 33.6. The molecule has 0 aliphatic heterocycles. The van der Waals surface area contributed by atoms with E-state index in [0.29, 0.717) is 5.75 Å². The summed E-state index contributed by atoms with van der Waals surface area (Å²) in [5, 5.41) is 10.2. The number of methoxy groups -OCH3 is 2. The zero-order valence-corrected chi connectivity index (χ0v) is 18.8. The molecule has 0 saturated carbocycles. The Balaban J connectivity index is -0.000000146. The highest BCUT2D eigenvalue weighted by Crippen LogP contribution is 2.16. The largest absolute Gasteiger partial charge is 0.497 e. The first-order valence-corrected chi connectivity index (χ1v) is 9.55. The van der Waals surface area contributed by atoms with E-state index in [1.54, 1.807) is 19.2 Å². The minimum atomic E-state index is -0.445. The molecule has 0 aliphatic rings. The van der Waals surface area contributed by atoms with Crippen LogP contribution in [-0.2, 0) is 0 Å². The van der Waals surface area contributed by atoms with Crippen molar-refractivity contribution in [3.05, 3.63) is 64.7 Å². The van der Waals surface area contributed by atoms with Crippen LogP contribution in [0.1, 0.15) is 55.4 Å². The summed E-state index contributed by atoms with van der Waals surface area (Å²) in [6.07, 6.45) is 0. The van der Waals surface area contributed by atoms with Crippen LogP contribution in [0.15, 0.2) is 54.6 Å². The van der Waals surface area contributed by atoms with Crippen LogP contribution in [0.3, 0.4) is 0 Å². The predicted octanol–water partition coefficient (Wildman–Crippen LogP) is 7.40. The van der Waals surface area contributed by atoms with Gasteiger partial charge in [0.05, 0.1) is 19.1 Å². The number of nitro benzene ring substituents is 1. The molecule has 0 atom stereocenters.